The molecule has 0 aliphatic carbocycles. The summed E-state index contributed by atoms with van der Waals surface area (Å²) in [6, 6.07) is 5.65. The fourth-order valence-corrected chi connectivity index (χ4v) is 7.51. The van der Waals surface area contributed by atoms with E-state index in [9.17, 15) is 4.79 Å². The smallest absolute Gasteiger partial charge is 0.169 e. The minimum absolute atomic E-state index is 0.0827. The highest BCUT2D eigenvalue weighted by Crippen LogP contribution is 2.30. The third-order valence-electron chi connectivity index (χ3n) is 10.9. The molecule has 1 aromatic carbocycles. The van der Waals surface area contributed by atoms with Gasteiger partial charge in [-0.1, -0.05) is 219 Å². The van der Waals surface area contributed by atoms with E-state index in [0.717, 1.165) is 31.4 Å². The molecule has 0 bridgehead atoms. The standard InChI is InChI=1S/C46H84O3/c1-5-7-9-11-13-15-17-19-21-23-25-27-29-31-33-35-37-42(46(47)44-41-43(48-3)39-40-45(44)49-4)38-36-34-32-30-28-26-24-22-20-18-16-14-12-10-8-6-2/h39-42H,5-38H2,1-4H3. The molecule has 286 valence electrons. The Hall–Kier alpha value is -1.51. The number of benzene rings is 1. The highest BCUT2D eigenvalue weighted by Gasteiger charge is 2.23. The monoisotopic (exact) mass is 685 g/mol. The highest BCUT2D eigenvalue weighted by atomic mass is 16.5. The number of ether oxygens (including phenoxy) is 2. The summed E-state index contributed by atoms with van der Waals surface area (Å²) in [5.74, 6) is 1.74. The third-order valence-corrected chi connectivity index (χ3v) is 10.9. The van der Waals surface area contributed by atoms with Crippen molar-refractivity contribution >= 4 is 5.78 Å². The molecule has 0 aliphatic heterocycles. The number of hydrogen-bond acceptors (Lipinski definition) is 3. The molecular formula is C46H84O3. The summed E-state index contributed by atoms with van der Waals surface area (Å²) in [7, 11) is 3.33. The van der Waals surface area contributed by atoms with Crippen LogP contribution in [0.1, 0.15) is 243 Å². The van der Waals surface area contributed by atoms with E-state index >= 15 is 0 Å². The first-order valence-corrected chi connectivity index (χ1v) is 21.9. The van der Waals surface area contributed by atoms with Crippen LogP contribution in [0.5, 0.6) is 11.5 Å². The molecule has 1 rings (SSSR count). The van der Waals surface area contributed by atoms with Crippen LogP contribution in [0.3, 0.4) is 0 Å². The Labute approximate surface area is 306 Å². The molecule has 0 radical (unpaired) electrons. The molecule has 3 heteroatoms. The van der Waals surface area contributed by atoms with E-state index < -0.39 is 0 Å². The molecule has 0 amide bonds. The van der Waals surface area contributed by atoms with Crippen molar-refractivity contribution in [1.82, 2.24) is 0 Å². The average molecular weight is 685 g/mol. The lowest BCUT2D eigenvalue weighted by molar-refractivity contribution is 0.0898. The van der Waals surface area contributed by atoms with Gasteiger partial charge in [0.1, 0.15) is 11.5 Å². The van der Waals surface area contributed by atoms with Crippen LogP contribution in [0.15, 0.2) is 18.2 Å². The minimum atomic E-state index is 0.0827. The van der Waals surface area contributed by atoms with Gasteiger partial charge in [0.2, 0.25) is 0 Å². The van der Waals surface area contributed by atoms with Gasteiger partial charge in [-0.15, -0.1) is 0 Å². The predicted octanol–water partition coefficient (Wildman–Crippen LogP) is 15.8. The Morgan fingerprint density at radius 1 is 0.449 bits per heavy atom. The number of hydrogen-bond donors (Lipinski definition) is 0. The van der Waals surface area contributed by atoms with Crippen LogP contribution < -0.4 is 9.47 Å². The van der Waals surface area contributed by atoms with Crippen molar-refractivity contribution in [3.63, 3.8) is 0 Å². The van der Waals surface area contributed by atoms with Crippen LogP contribution in [0.25, 0.3) is 0 Å². The van der Waals surface area contributed by atoms with Crippen LogP contribution in [-0.4, -0.2) is 20.0 Å². The maximum atomic E-state index is 13.8. The van der Waals surface area contributed by atoms with Gasteiger partial charge in [0.25, 0.3) is 0 Å². The van der Waals surface area contributed by atoms with Gasteiger partial charge in [0.05, 0.1) is 19.8 Å². The zero-order valence-electron chi connectivity index (χ0n) is 33.6. The fourth-order valence-electron chi connectivity index (χ4n) is 7.51. The molecule has 0 saturated heterocycles. The maximum Gasteiger partial charge on any atom is 0.169 e. The molecule has 0 aromatic heterocycles. The summed E-state index contributed by atoms with van der Waals surface area (Å²) in [5.41, 5.74) is 0.694. The summed E-state index contributed by atoms with van der Waals surface area (Å²) in [5, 5.41) is 0. The number of Topliss-reactive ketones (excluding diaryl/α,β-unsaturated/α-hetero) is 1. The first kappa shape index (κ1) is 45.5. The van der Waals surface area contributed by atoms with E-state index in [1.807, 2.05) is 18.2 Å². The van der Waals surface area contributed by atoms with Gasteiger partial charge in [-0.05, 0) is 31.0 Å². The van der Waals surface area contributed by atoms with Gasteiger partial charge >= 0.3 is 0 Å². The molecule has 0 aliphatic rings. The van der Waals surface area contributed by atoms with Crippen molar-refractivity contribution in [2.45, 2.75) is 232 Å². The zero-order valence-corrected chi connectivity index (χ0v) is 33.6. The number of unbranched alkanes of at least 4 members (excludes halogenated alkanes) is 30. The van der Waals surface area contributed by atoms with E-state index in [0.29, 0.717) is 11.3 Å². The second kappa shape index (κ2) is 34.9. The molecule has 0 heterocycles. The average Bonchev–Trinajstić information content (AvgIpc) is 3.12. The molecule has 0 fully saturated rings. The van der Waals surface area contributed by atoms with Crippen LogP contribution in [0.2, 0.25) is 0 Å². The third kappa shape index (κ3) is 26.0. The summed E-state index contributed by atoms with van der Waals surface area (Å²) in [4.78, 5) is 13.8. The van der Waals surface area contributed by atoms with Crippen LogP contribution >= 0.6 is 0 Å². The van der Waals surface area contributed by atoms with Crippen molar-refractivity contribution in [1.29, 1.82) is 0 Å². The molecule has 0 unspecified atom stereocenters. The summed E-state index contributed by atoms with van der Waals surface area (Å²) < 4.78 is 11.1. The van der Waals surface area contributed by atoms with Gasteiger partial charge in [-0.25, -0.2) is 0 Å². The molecule has 1 aromatic rings. The molecular weight excluding hydrogens is 601 g/mol. The Kier molecular flexibility index (Phi) is 32.4. The quantitative estimate of drug-likeness (QED) is 0.0514. The first-order valence-electron chi connectivity index (χ1n) is 21.9. The van der Waals surface area contributed by atoms with Crippen molar-refractivity contribution in [3.05, 3.63) is 23.8 Å². The van der Waals surface area contributed by atoms with E-state index in [2.05, 4.69) is 13.8 Å². The Morgan fingerprint density at radius 2 is 0.755 bits per heavy atom. The molecule has 0 spiro atoms. The van der Waals surface area contributed by atoms with E-state index in [1.54, 1.807) is 14.2 Å². The van der Waals surface area contributed by atoms with Crippen LogP contribution in [-0.2, 0) is 0 Å². The number of methoxy groups -OCH3 is 2. The van der Waals surface area contributed by atoms with Crippen molar-refractivity contribution < 1.29 is 14.3 Å². The first-order chi connectivity index (χ1) is 24.2. The van der Waals surface area contributed by atoms with Crippen molar-refractivity contribution in [2.75, 3.05) is 14.2 Å². The number of carbonyl (C=O) groups is 1. The Morgan fingerprint density at radius 3 is 1.04 bits per heavy atom. The second-order valence-electron chi connectivity index (χ2n) is 15.3. The predicted molar refractivity (Wildman–Crippen MR) is 216 cm³/mol. The van der Waals surface area contributed by atoms with Crippen LogP contribution in [0.4, 0.5) is 0 Å². The topological polar surface area (TPSA) is 35.5 Å². The Balaban J connectivity index is 2.26. The van der Waals surface area contributed by atoms with E-state index in [-0.39, 0.29) is 11.7 Å². The largest absolute Gasteiger partial charge is 0.497 e. The maximum absolute atomic E-state index is 13.8. The highest BCUT2D eigenvalue weighted by molar-refractivity contribution is 6.00. The molecule has 3 nitrogen and oxygen atoms in total. The summed E-state index contributed by atoms with van der Waals surface area (Å²) >= 11 is 0. The number of ketones is 1. The molecule has 0 saturated carbocycles. The van der Waals surface area contributed by atoms with Crippen LogP contribution in [0, 0.1) is 5.92 Å². The zero-order chi connectivity index (χ0) is 35.5. The SMILES string of the molecule is CCCCCCCCCCCCCCCCCCC(CCCCCCCCCCCCCCCCCC)C(=O)c1cc(OC)ccc1OC. The summed E-state index contributed by atoms with van der Waals surface area (Å²) in [6.07, 6.45) is 46.1. The van der Waals surface area contributed by atoms with E-state index in [1.165, 1.54) is 193 Å². The Bertz CT molecular complexity index is 813. The molecule has 0 atom stereocenters. The fraction of sp³-hybridized carbons (Fsp3) is 0.848. The number of rotatable bonds is 38. The normalized spacial score (nSPS) is 11.4. The summed E-state index contributed by atoms with van der Waals surface area (Å²) in [6.45, 7) is 4.59. The second-order valence-corrected chi connectivity index (χ2v) is 15.3. The van der Waals surface area contributed by atoms with Gasteiger partial charge in [0.15, 0.2) is 5.78 Å². The van der Waals surface area contributed by atoms with Gasteiger partial charge in [-0.2, -0.15) is 0 Å². The minimum Gasteiger partial charge on any atom is -0.497 e. The van der Waals surface area contributed by atoms with Gasteiger partial charge < -0.3 is 9.47 Å². The number of carbonyl (C=O) groups excluding carboxylic acids is 1. The molecule has 49 heavy (non-hydrogen) atoms. The van der Waals surface area contributed by atoms with Crippen molar-refractivity contribution in [3.8, 4) is 11.5 Å². The van der Waals surface area contributed by atoms with Gasteiger partial charge in [-0.3, -0.25) is 4.79 Å². The van der Waals surface area contributed by atoms with Crippen molar-refractivity contribution in [2.24, 2.45) is 5.92 Å². The lowest BCUT2D eigenvalue weighted by Crippen LogP contribution is -2.16. The van der Waals surface area contributed by atoms with Gasteiger partial charge in [0, 0.05) is 5.92 Å². The molecule has 0 N–H and O–H groups in total. The van der Waals surface area contributed by atoms with E-state index in [4.69, 9.17) is 9.47 Å². The lowest BCUT2D eigenvalue weighted by Gasteiger charge is -2.18. The lowest BCUT2D eigenvalue weighted by atomic mass is 9.87.